The molecule has 2 heterocycles. The predicted molar refractivity (Wildman–Crippen MR) is 188 cm³/mol. The molecule has 1 aromatic rings. The van der Waals surface area contributed by atoms with Crippen LogP contribution in [0.2, 0.25) is 0 Å². The number of phosphoric ester groups is 2. The Bertz CT molecular complexity index is 2140. The molecule has 0 radical (unpaired) electrons. The van der Waals surface area contributed by atoms with Gasteiger partial charge in [-0.05, 0) is 55.9 Å². The quantitative estimate of drug-likeness (QED) is 0.127. The Balaban J connectivity index is 1.08. The molecule has 3 saturated carbocycles. The van der Waals surface area contributed by atoms with E-state index in [-0.39, 0.29) is 17.6 Å². The van der Waals surface area contributed by atoms with E-state index in [1.165, 1.54) is 38.1 Å². The minimum absolute atomic E-state index is 0.134. The molecule has 2 unspecified atom stereocenters. The van der Waals surface area contributed by atoms with Gasteiger partial charge in [0.1, 0.15) is 25.1 Å². The van der Waals surface area contributed by atoms with Gasteiger partial charge in [0, 0.05) is 41.0 Å². The number of nitrogens with one attached hydrogen (secondary N) is 1. The van der Waals surface area contributed by atoms with Gasteiger partial charge in [0.05, 0.1) is 18.8 Å². The number of fused-ring (bicyclic) bond motifs is 7. The summed E-state index contributed by atoms with van der Waals surface area (Å²) in [5, 5.41) is 14.0. The van der Waals surface area contributed by atoms with Crippen molar-refractivity contribution in [3.05, 3.63) is 71.6 Å². The summed E-state index contributed by atoms with van der Waals surface area (Å²) in [6, 6.07) is 5.30. The smallest absolute Gasteiger partial charge is 0.390 e. The maximum Gasteiger partial charge on any atom is 0.481 e. The number of halogens is 3. The number of benzene rings is 1. The predicted octanol–water partition coefficient (Wildman–Crippen LogP) is 2.77. The lowest BCUT2D eigenvalue weighted by atomic mass is 9.44. The second-order valence-electron chi connectivity index (χ2n) is 15.4. The van der Waals surface area contributed by atoms with Gasteiger partial charge >= 0.3 is 15.6 Å². The van der Waals surface area contributed by atoms with E-state index in [0.29, 0.717) is 4.90 Å². The third-order valence-corrected chi connectivity index (χ3v) is 15.0. The van der Waals surface area contributed by atoms with Gasteiger partial charge in [0.25, 0.3) is 11.8 Å². The molecule has 4 N–H and O–H groups in total. The summed E-state index contributed by atoms with van der Waals surface area (Å²) < 4.78 is 101. The van der Waals surface area contributed by atoms with E-state index >= 15 is 13.2 Å². The number of hydrogen-bond donors (Lipinski definition) is 4. The number of aliphatic hydroxyl groups excluding tert-OH is 1. The zero-order chi connectivity index (χ0) is 42.2. The van der Waals surface area contributed by atoms with Gasteiger partial charge in [-0.3, -0.25) is 37.9 Å². The Morgan fingerprint density at radius 3 is 2.38 bits per heavy atom. The molecule has 17 nitrogen and oxygen atoms in total. The largest absolute Gasteiger partial charge is 0.481 e. The van der Waals surface area contributed by atoms with Crippen molar-refractivity contribution in [3.63, 3.8) is 0 Å². The first kappa shape index (κ1) is 42.4. The number of ether oxygens (including phenoxy) is 2. The Morgan fingerprint density at radius 1 is 1.02 bits per heavy atom. The number of amides is 3. The highest BCUT2D eigenvalue weighted by atomic mass is 31.3. The summed E-state index contributed by atoms with van der Waals surface area (Å²) in [5.74, 6) is -7.04. The van der Waals surface area contributed by atoms with Gasteiger partial charge in [-0.15, -0.1) is 0 Å². The third kappa shape index (κ3) is 6.80. The van der Waals surface area contributed by atoms with E-state index in [2.05, 4.69) is 14.2 Å². The molecule has 3 amide bonds. The number of carbonyl (C=O) groups excluding carboxylic acids is 5. The summed E-state index contributed by atoms with van der Waals surface area (Å²) in [7, 11) is -11.1. The maximum absolute atomic E-state index is 17.8. The monoisotopic (exact) mass is 858 g/mol. The second kappa shape index (κ2) is 14.8. The number of Topliss-reactive ketones (excluding diaryl/α,β-unsaturated/α-hetero) is 1. The molecule has 0 spiro atoms. The molecule has 4 fully saturated rings. The van der Waals surface area contributed by atoms with Gasteiger partial charge in [-0.25, -0.2) is 22.3 Å². The van der Waals surface area contributed by atoms with E-state index in [1.807, 2.05) is 0 Å². The standard InChI is InChI=1S/C36H39F3N2O15P2/c1-33-10-9-19(42)13-23(33)25(38)14-22-21-15-28-36(34(21,2)16-26(43)35(22,33)39,55-32(54-28)20-5-3-4-6-24(20)37)27(44)18-53-58(50,51)56-57(48,49)52-12-11-40-29(45)17-41-30(46)7-8-31(41)47/h3-10,13,21-22,25-26,28,32,43H,11-12,14-18H2,1-2H3,(H,40,45)(H,48,49)(H,50,51)/t21-,22-,25-,26-,28+,32+,33-,34-,35-,36+/m0/s1. The van der Waals surface area contributed by atoms with Crippen molar-refractivity contribution < 1.29 is 84.0 Å². The zero-order valence-corrected chi connectivity index (χ0v) is 32.6. The molecular weight excluding hydrogens is 819 g/mol. The highest BCUT2D eigenvalue weighted by Gasteiger charge is 2.80. The van der Waals surface area contributed by atoms with Crippen molar-refractivity contribution in [1.82, 2.24) is 10.2 Å². The van der Waals surface area contributed by atoms with Gasteiger partial charge in [-0.2, -0.15) is 4.31 Å². The molecular formula is C36H39F3N2O15P2. The van der Waals surface area contributed by atoms with E-state index in [9.17, 15) is 48.0 Å². The molecule has 2 aliphatic heterocycles. The summed E-state index contributed by atoms with van der Waals surface area (Å²) in [6.07, 6.45) is -2.56. The van der Waals surface area contributed by atoms with Crippen molar-refractivity contribution in [2.24, 2.45) is 22.7 Å². The number of carbonyl (C=O) groups is 5. The van der Waals surface area contributed by atoms with E-state index in [4.69, 9.17) is 14.0 Å². The van der Waals surface area contributed by atoms with Crippen LogP contribution in [0.3, 0.4) is 0 Å². The van der Waals surface area contributed by atoms with Crippen molar-refractivity contribution >= 4 is 44.9 Å². The van der Waals surface area contributed by atoms with Crippen LogP contribution in [0.1, 0.15) is 45.0 Å². The molecule has 314 valence electrons. The van der Waals surface area contributed by atoms with E-state index < -0.39 is 149 Å². The van der Waals surface area contributed by atoms with Crippen LogP contribution >= 0.6 is 15.6 Å². The first-order valence-electron chi connectivity index (χ1n) is 18.1. The minimum atomic E-state index is -5.67. The molecule has 1 aromatic carbocycles. The summed E-state index contributed by atoms with van der Waals surface area (Å²) in [6.45, 7) is -0.443. The molecule has 6 aliphatic rings. The van der Waals surface area contributed by atoms with Crippen molar-refractivity contribution in [2.45, 2.75) is 69.0 Å². The Morgan fingerprint density at radius 2 is 1.69 bits per heavy atom. The van der Waals surface area contributed by atoms with Crippen LogP contribution < -0.4 is 5.32 Å². The highest BCUT2D eigenvalue weighted by Crippen LogP contribution is 2.73. The number of alkyl halides is 2. The molecule has 12 atom stereocenters. The number of allylic oxidation sites excluding steroid dienone is 4. The molecule has 1 saturated heterocycles. The first-order chi connectivity index (χ1) is 27.1. The molecule has 58 heavy (non-hydrogen) atoms. The molecule has 7 rings (SSSR count). The molecule has 0 bridgehead atoms. The van der Waals surface area contributed by atoms with E-state index in [0.717, 1.165) is 30.4 Å². The lowest BCUT2D eigenvalue weighted by Crippen LogP contribution is -2.70. The van der Waals surface area contributed by atoms with Gasteiger partial charge in [-0.1, -0.05) is 31.2 Å². The zero-order valence-electron chi connectivity index (χ0n) is 30.8. The van der Waals surface area contributed by atoms with E-state index in [1.54, 1.807) is 0 Å². The lowest BCUT2D eigenvalue weighted by molar-refractivity contribution is -0.235. The Labute approximate surface area is 328 Å². The fourth-order valence-electron chi connectivity index (χ4n) is 9.82. The highest BCUT2D eigenvalue weighted by molar-refractivity contribution is 7.61. The summed E-state index contributed by atoms with van der Waals surface area (Å²) >= 11 is 0. The fraction of sp³-hybridized carbons (Fsp3) is 0.528. The van der Waals surface area contributed by atoms with Crippen molar-refractivity contribution in [3.8, 4) is 0 Å². The topological polar surface area (TPSA) is 242 Å². The number of aliphatic hydroxyl groups is 1. The van der Waals surface area contributed by atoms with Crippen molar-refractivity contribution in [2.75, 3.05) is 26.3 Å². The van der Waals surface area contributed by atoms with Crippen LogP contribution in [0.4, 0.5) is 13.2 Å². The fourth-order valence-corrected chi connectivity index (χ4v) is 11.8. The molecule has 0 aromatic heterocycles. The van der Waals surface area contributed by atoms with Crippen LogP contribution in [0.25, 0.3) is 0 Å². The van der Waals surface area contributed by atoms with Crippen molar-refractivity contribution in [1.29, 1.82) is 0 Å². The number of nitrogens with zero attached hydrogens (tertiary/aromatic N) is 1. The Kier molecular flexibility index (Phi) is 10.8. The number of ketones is 2. The average Bonchev–Trinajstić information content (AvgIpc) is 3.76. The van der Waals surface area contributed by atoms with Gasteiger partial charge in [0.15, 0.2) is 29.1 Å². The molecule has 4 aliphatic carbocycles. The Hall–Kier alpha value is -3.68. The van der Waals surface area contributed by atoms with Crippen LogP contribution in [0.5, 0.6) is 0 Å². The normalized spacial score (nSPS) is 38.3. The third-order valence-electron chi connectivity index (χ3n) is 12.4. The SMILES string of the molecule is C[C@]12C=CC(=O)C=C1[C@@H](F)C[C@H]1[C@@H]3C[C@H]4O[C@@H](c5ccccc5F)O[C@@]4(C(=O)COP(=O)(O)OP(=O)(O)OCCNC(=O)CN4C(=O)C=CC4=O)[C@@]3(C)C[C@H](O)[C@@]12F. The number of hydrogen-bond acceptors (Lipinski definition) is 13. The number of phosphoric acid groups is 2. The second-order valence-corrected chi connectivity index (χ2v) is 18.5. The lowest BCUT2D eigenvalue weighted by Gasteiger charge is -2.63. The number of imide groups is 1. The van der Waals surface area contributed by atoms with Crippen LogP contribution in [-0.2, 0) is 55.9 Å². The first-order valence-corrected chi connectivity index (χ1v) is 21.1. The average molecular weight is 859 g/mol. The summed E-state index contributed by atoms with van der Waals surface area (Å²) in [5.41, 5.74) is -8.51. The minimum Gasteiger partial charge on any atom is -0.390 e. The molecule has 22 heteroatoms. The van der Waals surface area contributed by atoms with Crippen LogP contribution in [0.15, 0.2) is 60.2 Å². The van der Waals surface area contributed by atoms with Crippen LogP contribution in [0, 0.1) is 28.5 Å². The maximum atomic E-state index is 17.8. The van der Waals surface area contributed by atoms with Crippen LogP contribution in [-0.4, -0.2) is 105 Å². The van der Waals surface area contributed by atoms with Gasteiger partial charge < -0.3 is 29.7 Å². The van der Waals surface area contributed by atoms with Gasteiger partial charge in [0.2, 0.25) is 5.91 Å². The summed E-state index contributed by atoms with van der Waals surface area (Å²) in [4.78, 5) is 83.2. The number of rotatable bonds is 13.